The maximum Gasteiger partial charge on any atom is 0.291 e. The van der Waals surface area contributed by atoms with Crippen molar-refractivity contribution in [3.05, 3.63) is 108 Å². The lowest BCUT2D eigenvalue weighted by molar-refractivity contribution is -0.684. The van der Waals surface area contributed by atoms with Crippen LogP contribution in [0, 0.1) is 0 Å². The Morgan fingerprint density at radius 1 is 0.914 bits per heavy atom. The van der Waals surface area contributed by atoms with Gasteiger partial charge < -0.3 is 27.6 Å². The number of amides is 2. The third-order valence-electron chi connectivity index (χ3n) is 4.69. The van der Waals surface area contributed by atoms with Crippen LogP contribution >= 0.6 is 23.4 Å². The first-order valence-electron chi connectivity index (χ1n) is 10.4. The van der Waals surface area contributed by atoms with Crippen LogP contribution < -0.4 is 32.2 Å². The van der Waals surface area contributed by atoms with Gasteiger partial charge in [-0.25, -0.2) is 9.97 Å². The Labute approximate surface area is 222 Å². The molecule has 0 aliphatic rings. The van der Waals surface area contributed by atoms with Crippen molar-refractivity contribution >= 4 is 46.7 Å². The number of halogens is 2. The monoisotopic (exact) mass is 569 g/mol. The number of hydrogen-bond acceptors (Lipinski definition) is 5. The molecule has 7 nitrogen and oxygen atoms in total. The fourth-order valence-electron chi connectivity index (χ4n) is 3.08. The van der Waals surface area contributed by atoms with Gasteiger partial charge in [0.2, 0.25) is 6.54 Å². The minimum absolute atomic E-state index is 0. The zero-order valence-electron chi connectivity index (χ0n) is 18.4. The number of nitrogens with one attached hydrogen (secondary N) is 2. The van der Waals surface area contributed by atoms with Crippen molar-refractivity contribution in [3.63, 3.8) is 0 Å². The van der Waals surface area contributed by atoms with E-state index in [2.05, 4.69) is 20.6 Å². The van der Waals surface area contributed by atoms with Crippen LogP contribution in [0.3, 0.4) is 0 Å². The molecule has 0 atom stereocenters. The normalized spacial score (nSPS) is 10.2. The van der Waals surface area contributed by atoms with E-state index in [1.165, 1.54) is 11.8 Å². The summed E-state index contributed by atoms with van der Waals surface area (Å²) in [6.45, 7) is 0.196. The number of thioether (sulfide) groups is 1. The molecule has 2 N–H and O–H groups in total. The number of rotatable bonds is 8. The summed E-state index contributed by atoms with van der Waals surface area (Å²) in [7, 11) is 0. The molecule has 0 saturated carbocycles. The molecule has 0 unspecified atom stereocenters. The maximum absolute atomic E-state index is 12.8. The van der Waals surface area contributed by atoms with Gasteiger partial charge in [-0.2, -0.15) is 4.57 Å². The van der Waals surface area contributed by atoms with Crippen molar-refractivity contribution in [2.75, 3.05) is 10.6 Å². The van der Waals surface area contributed by atoms with Crippen LogP contribution in [-0.4, -0.2) is 21.8 Å². The second kappa shape index (κ2) is 13.0. The van der Waals surface area contributed by atoms with E-state index >= 15 is 0 Å². The molecule has 3 heterocycles. The van der Waals surface area contributed by atoms with Gasteiger partial charge in [0.05, 0.1) is 5.56 Å². The second-order valence-electron chi connectivity index (χ2n) is 7.25. The minimum Gasteiger partial charge on any atom is -1.00 e. The second-order valence-corrected chi connectivity index (χ2v) is 8.65. The van der Waals surface area contributed by atoms with Crippen LogP contribution in [0.1, 0.15) is 15.9 Å². The van der Waals surface area contributed by atoms with E-state index in [4.69, 9.17) is 11.6 Å². The number of carbonyl (C=O) groups is 2. The molecule has 0 bridgehead atoms. The van der Waals surface area contributed by atoms with E-state index in [9.17, 15) is 9.59 Å². The van der Waals surface area contributed by atoms with Gasteiger partial charge in [-0.05, 0) is 54.1 Å². The zero-order chi connectivity index (χ0) is 23.8. The topological polar surface area (TPSA) is 87.9 Å². The van der Waals surface area contributed by atoms with Crippen molar-refractivity contribution in [1.29, 1.82) is 0 Å². The van der Waals surface area contributed by atoms with Gasteiger partial charge in [0.25, 0.3) is 11.8 Å². The van der Waals surface area contributed by atoms with Crippen LogP contribution in [-0.2, 0) is 17.1 Å². The van der Waals surface area contributed by atoms with Crippen LogP contribution in [0.15, 0.2) is 96.5 Å². The van der Waals surface area contributed by atoms with E-state index in [0.29, 0.717) is 32.9 Å². The van der Waals surface area contributed by atoms with Crippen LogP contribution in [0.25, 0.3) is 0 Å². The minimum atomic E-state index is -0.251. The number of aromatic nitrogens is 3. The van der Waals surface area contributed by atoms with E-state index in [1.807, 2.05) is 42.7 Å². The summed E-state index contributed by atoms with van der Waals surface area (Å²) in [6.07, 6.45) is 6.95. The number of benzene rings is 1. The van der Waals surface area contributed by atoms with Crippen molar-refractivity contribution in [2.24, 2.45) is 0 Å². The largest absolute Gasteiger partial charge is 1.00 e. The Kier molecular flexibility index (Phi) is 9.77. The predicted molar refractivity (Wildman–Crippen MR) is 133 cm³/mol. The van der Waals surface area contributed by atoms with Crippen molar-refractivity contribution in [1.82, 2.24) is 9.97 Å². The summed E-state index contributed by atoms with van der Waals surface area (Å²) in [6, 6.07) is 19.7. The molecule has 35 heavy (non-hydrogen) atoms. The molecule has 0 saturated heterocycles. The molecular formula is C25H21BrClN5O2S. The number of anilines is 2. The average molecular weight is 571 g/mol. The van der Waals surface area contributed by atoms with Gasteiger partial charge in [0.1, 0.15) is 10.8 Å². The molecule has 4 rings (SSSR count). The standard InChI is InChI=1S/C25H20ClN5O2S.BrH/c26-19-6-8-20(9-7-19)29-24(33)21-5-4-11-28-25(21)34-17-18-10-12-27-22(15-18)30-23(32)16-31-13-2-1-3-14-31;/h1-15H,16-17H2,(H-,27,29,30,32,33);1H. The summed E-state index contributed by atoms with van der Waals surface area (Å²) in [5.74, 6) is 0.608. The summed E-state index contributed by atoms with van der Waals surface area (Å²) >= 11 is 7.34. The SMILES string of the molecule is O=C(C[n+]1ccccc1)Nc1cc(CSc2ncccc2C(=O)Nc2ccc(Cl)cc2)ccn1.[Br-]. The van der Waals surface area contributed by atoms with Crippen molar-refractivity contribution < 1.29 is 31.1 Å². The lowest BCUT2D eigenvalue weighted by atomic mass is 10.2. The Hall–Kier alpha value is -3.27. The number of hydrogen-bond donors (Lipinski definition) is 2. The first kappa shape index (κ1) is 26.3. The first-order valence-corrected chi connectivity index (χ1v) is 11.8. The molecule has 10 heteroatoms. The van der Waals surface area contributed by atoms with Crippen LogP contribution in [0.4, 0.5) is 11.5 Å². The van der Waals surface area contributed by atoms with E-state index < -0.39 is 0 Å². The molecule has 178 valence electrons. The highest BCUT2D eigenvalue weighted by Crippen LogP contribution is 2.26. The Morgan fingerprint density at radius 2 is 1.69 bits per heavy atom. The highest BCUT2D eigenvalue weighted by atomic mass is 79.9. The van der Waals surface area contributed by atoms with Crippen molar-refractivity contribution in [2.45, 2.75) is 17.3 Å². The smallest absolute Gasteiger partial charge is 0.291 e. The third-order valence-corrected chi connectivity index (χ3v) is 6.02. The molecule has 1 aromatic carbocycles. The summed E-state index contributed by atoms with van der Waals surface area (Å²) in [5.41, 5.74) is 2.07. The molecule has 0 aliphatic heterocycles. The molecule has 2 amide bonds. The summed E-state index contributed by atoms with van der Waals surface area (Å²) in [4.78, 5) is 33.7. The van der Waals surface area contributed by atoms with Gasteiger partial charge in [-0.3, -0.25) is 9.59 Å². The number of nitrogens with zero attached hydrogens (tertiary/aromatic N) is 3. The lowest BCUT2D eigenvalue weighted by Gasteiger charge is -2.10. The quantitative estimate of drug-likeness (QED) is 0.248. The van der Waals surface area contributed by atoms with E-state index in [1.54, 1.807) is 53.4 Å². The fraction of sp³-hybridized carbons (Fsp3) is 0.0800. The maximum atomic E-state index is 12.8. The van der Waals surface area contributed by atoms with Crippen LogP contribution in [0.2, 0.25) is 5.02 Å². The number of pyridine rings is 3. The predicted octanol–water partition coefficient (Wildman–Crippen LogP) is 1.60. The third kappa shape index (κ3) is 7.88. The van der Waals surface area contributed by atoms with Gasteiger partial charge in [-0.1, -0.05) is 17.7 Å². The molecular weight excluding hydrogens is 550 g/mol. The molecule has 0 aliphatic carbocycles. The Morgan fingerprint density at radius 3 is 2.46 bits per heavy atom. The molecule has 0 fully saturated rings. The number of carbonyl (C=O) groups excluding carboxylic acids is 2. The average Bonchev–Trinajstić information content (AvgIpc) is 2.85. The summed E-state index contributed by atoms with van der Waals surface area (Å²) in [5, 5.41) is 6.89. The van der Waals surface area contributed by atoms with Gasteiger partial charge in [-0.15, -0.1) is 11.8 Å². The van der Waals surface area contributed by atoms with E-state index in [0.717, 1.165) is 5.56 Å². The van der Waals surface area contributed by atoms with E-state index in [-0.39, 0.29) is 35.3 Å². The molecule has 4 aromatic rings. The molecule has 0 spiro atoms. The molecule has 3 aromatic heterocycles. The Balaban J connectivity index is 0.00000342. The fourth-order valence-corrected chi connectivity index (χ4v) is 4.14. The van der Waals surface area contributed by atoms with Crippen LogP contribution in [0.5, 0.6) is 0 Å². The van der Waals surface area contributed by atoms with Gasteiger partial charge in [0, 0.05) is 41.0 Å². The van der Waals surface area contributed by atoms with Gasteiger partial charge >= 0.3 is 0 Å². The Bertz CT molecular complexity index is 1290. The highest BCUT2D eigenvalue weighted by molar-refractivity contribution is 7.98. The summed E-state index contributed by atoms with van der Waals surface area (Å²) < 4.78 is 1.78. The lowest BCUT2D eigenvalue weighted by Crippen LogP contribution is -3.00. The van der Waals surface area contributed by atoms with Crippen molar-refractivity contribution in [3.8, 4) is 0 Å². The first-order chi connectivity index (χ1) is 16.6. The molecule has 0 radical (unpaired) electrons. The van der Waals surface area contributed by atoms with Gasteiger partial charge in [0.15, 0.2) is 12.4 Å². The zero-order valence-corrected chi connectivity index (χ0v) is 21.6. The highest BCUT2D eigenvalue weighted by Gasteiger charge is 2.14.